The summed E-state index contributed by atoms with van der Waals surface area (Å²) in [5.41, 5.74) is 2.44. The van der Waals surface area contributed by atoms with Crippen molar-refractivity contribution in [3.8, 4) is 0 Å². The molecule has 2 heterocycles. The normalized spacial score (nSPS) is 10.9. The van der Waals surface area contributed by atoms with Gasteiger partial charge in [0.15, 0.2) is 11.2 Å². The Hall–Kier alpha value is -3.47. The third-order valence-corrected chi connectivity index (χ3v) is 3.98. The van der Waals surface area contributed by atoms with Gasteiger partial charge < -0.3 is 9.73 Å². The first-order chi connectivity index (χ1) is 12.1. The summed E-state index contributed by atoms with van der Waals surface area (Å²) in [6.07, 6.45) is 0. The maximum Gasteiger partial charge on any atom is 0.291 e. The average molecular weight is 330 g/mol. The van der Waals surface area contributed by atoms with Gasteiger partial charge in [-0.25, -0.2) is 0 Å². The molecule has 0 aliphatic heterocycles. The van der Waals surface area contributed by atoms with Crippen molar-refractivity contribution in [3.05, 3.63) is 82.3 Å². The fourth-order valence-corrected chi connectivity index (χ4v) is 2.77. The molecule has 122 valence electrons. The van der Waals surface area contributed by atoms with Gasteiger partial charge in [-0.2, -0.15) is 0 Å². The van der Waals surface area contributed by atoms with E-state index in [9.17, 15) is 9.59 Å². The number of nitrogens with one attached hydrogen (secondary N) is 1. The maximum atomic E-state index is 12.6. The molecule has 0 saturated carbocycles. The van der Waals surface area contributed by atoms with E-state index in [0.29, 0.717) is 16.7 Å². The van der Waals surface area contributed by atoms with Gasteiger partial charge in [-0.05, 0) is 43.3 Å². The highest BCUT2D eigenvalue weighted by molar-refractivity contribution is 6.07. The van der Waals surface area contributed by atoms with Gasteiger partial charge in [-0.15, -0.1) is 0 Å². The van der Waals surface area contributed by atoms with Crippen LogP contribution < -0.4 is 10.7 Å². The highest BCUT2D eigenvalue weighted by Gasteiger charge is 2.14. The summed E-state index contributed by atoms with van der Waals surface area (Å²) in [6.45, 7) is 1.91. The van der Waals surface area contributed by atoms with Crippen LogP contribution >= 0.6 is 0 Å². The summed E-state index contributed by atoms with van der Waals surface area (Å²) >= 11 is 0. The van der Waals surface area contributed by atoms with Crippen LogP contribution in [0.2, 0.25) is 0 Å². The summed E-state index contributed by atoms with van der Waals surface area (Å²) in [6, 6.07) is 17.3. The topological polar surface area (TPSA) is 72.2 Å². The van der Waals surface area contributed by atoms with Gasteiger partial charge in [0.05, 0.1) is 16.6 Å². The third kappa shape index (κ3) is 2.76. The van der Waals surface area contributed by atoms with Crippen molar-refractivity contribution in [2.24, 2.45) is 0 Å². The number of hydrogen-bond donors (Lipinski definition) is 1. The molecule has 0 aliphatic carbocycles. The molecule has 25 heavy (non-hydrogen) atoms. The minimum absolute atomic E-state index is 0.0271. The predicted molar refractivity (Wildman–Crippen MR) is 96.9 cm³/mol. The number of fused-ring (bicyclic) bond motifs is 2. The van der Waals surface area contributed by atoms with Gasteiger partial charge in [0.1, 0.15) is 5.58 Å². The van der Waals surface area contributed by atoms with Gasteiger partial charge in [-0.3, -0.25) is 14.6 Å². The first kappa shape index (κ1) is 15.1. The Kier molecular flexibility index (Phi) is 3.54. The smallest absolute Gasteiger partial charge is 0.291 e. The lowest BCUT2D eigenvalue weighted by Gasteiger charge is -2.09. The molecule has 1 N–H and O–H groups in total. The Morgan fingerprint density at radius 1 is 1.00 bits per heavy atom. The largest absolute Gasteiger partial charge is 0.451 e. The lowest BCUT2D eigenvalue weighted by Crippen LogP contribution is -2.15. The number of nitrogens with zero attached hydrogens (tertiary/aromatic N) is 1. The maximum absolute atomic E-state index is 12.6. The SMILES string of the molecule is Cc1ccc2c(NC(=O)c3cc(=O)c4ccccc4o3)cccc2n1. The number of para-hydroxylation sites is 1. The molecule has 2 aromatic carbocycles. The van der Waals surface area contributed by atoms with Crippen molar-refractivity contribution in [2.45, 2.75) is 6.92 Å². The number of aryl methyl sites for hydroxylation is 1. The first-order valence-corrected chi connectivity index (χ1v) is 7.82. The molecule has 5 heteroatoms. The molecular weight excluding hydrogens is 316 g/mol. The number of hydrogen-bond acceptors (Lipinski definition) is 4. The molecule has 0 unspecified atom stereocenters. The Morgan fingerprint density at radius 2 is 1.84 bits per heavy atom. The van der Waals surface area contributed by atoms with Gasteiger partial charge in [-0.1, -0.05) is 18.2 Å². The van der Waals surface area contributed by atoms with E-state index in [4.69, 9.17) is 4.42 Å². The zero-order valence-corrected chi connectivity index (χ0v) is 13.4. The van der Waals surface area contributed by atoms with E-state index in [1.54, 1.807) is 30.3 Å². The number of rotatable bonds is 2. The fraction of sp³-hybridized carbons (Fsp3) is 0.0500. The second-order valence-electron chi connectivity index (χ2n) is 5.75. The molecule has 0 bridgehead atoms. The molecule has 4 rings (SSSR count). The Morgan fingerprint density at radius 3 is 2.72 bits per heavy atom. The van der Waals surface area contributed by atoms with E-state index in [-0.39, 0.29) is 11.2 Å². The lowest BCUT2D eigenvalue weighted by molar-refractivity contribution is 0.0997. The van der Waals surface area contributed by atoms with E-state index in [2.05, 4.69) is 10.3 Å². The molecule has 4 aromatic rings. The summed E-state index contributed by atoms with van der Waals surface area (Å²) in [5.74, 6) is -0.503. The van der Waals surface area contributed by atoms with Crippen LogP contribution in [0.5, 0.6) is 0 Å². The van der Waals surface area contributed by atoms with Crippen LogP contribution in [0, 0.1) is 6.92 Å². The highest BCUT2D eigenvalue weighted by Crippen LogP contribution is 2.23. The van der Waals surface area contributed by atoms with E-state index in [1.807, 2.05) is 31.2 Å². The molecule has 1 amide bonds. The summed E-state index contributed by atoms with van der Waals surface area (Å²) in [7, 11) is 0. The Balaban J connectivity index is 1.75. The molecule has 5 nitrogen and oxygen atoms in total. The van der Waals surface area contributed by atoms with Crippen molar-refractivity contribution >= 4 is 33.5 Å². The molecule has 0 fully saturated rings. The Labute approximate surface area is 142 Å². The van der Waals surface area contributed by atoms with E-state index in [0.717, 1.165) is 16.6 Å². The molecule has 0 saturated heterocycles. The number of anilines is 1. The zero-order chi connectivity index (χ0) is 17.4. The molecule has 0 spiro atoms. The van der Waals surface area contributed by atoms with E-state index < -0.39 is 5.91 Å². The summed E-state index contributed by atoms with van der Waals surface area (Å²) < 4.78 is 5.58. The van der Waals surface area contributed by atoms with Crippen LogP contribution in [0.3, 0.4) is 0 Å². The number of carbonyl (C=O) groups is 1. The molecule has 0 radical (unpaired) electrons. The van der Waals surface area contributed by atoms with Gasteiger partial charge in [0, 0.05) is 17.1 Å². The quantitative estimate of drug-likeness (QED) is 0.605. The number of carbonyl (C=O) groups excluding carboxylic acids is 1. The first-order valence-electron chi connectivity index (χ1n) is 7.82. The van der Waals surface area contributed by atoms with Crippen LogP contribution in [-0.4, -0.2) is 10.9 Å². The Bertz CT molecular complexity index is 1180. The third-order valence-electron chi connectivity index (χ3n) is 3.98. The predicted octanol–water partition coefficient (Wildman–Crippen LogP) is 3.90. The molecule has 0 aliphatic rings. The number of amides is 1. The lowest BCUT2D eigenvalue weighted by atomic mass is 10.1. The van der Waals surface area contributed by atoms with Crippen LogP contribution in [-0.2, 0) is 0 Å². The minimum atomic E-state index is -0.476. The van der Waals surface area contributed by atoms with E-state index >= 15 is 0 Å². The van der Waals surface area contributed by atoms with Crippen LogP contribution in [0.1, 0.15) is 16.2 Å². The number of pyridine rings is 1. The highest BCUT2D eigenvalue weighted by atomic mass is 16.3. The minimum Gasteiger partial charge on any atom is -0.451 e. The van der Waals surface area contributed by atoms with Crippen molar-refractivity contribution in [1.29, 1.82) is 0 Å². The van der Waals surface area contributed by atoms with Crippen molar-refractivity contribution in [3.63, 3.8) is 0 Å². The standard InChI is InChI=1S/C20H14N2O3/c1-12-9-10-13-15(21-12)6-4-7-16(13)22-20(24)19-11-17(23)14-5-2-3-8-18(14)25-19/h2-11H,1H3,(H,22,24). The van der Waals surface area contributed by atoms with Gasteiger partial charge in [0.2, 0.25) is 0 Å². The van der Waals surface area contributed by atoms with Crippen LogP contribution in [0.4, 0.5) is 5.69 Å². The summed E-state index contributed by atoms with van der Waals surface area (Å²) in [4.78, 5) is 29.2. The molecular formula is C20H14N2O3. The number of aromatic nitrogens is 1. The summed E-state index contributed by atoms with van der Waals surface area (Å²) in [5, 5.41) is 4.07. The second kappa shape index (κ2) is 5.87. The van der Waals surface area contributed by atoms with Crippen molar-refractivity contribution in [2.75, 3.05) is 5.32 Å². The van der Waals surface area contributed by atoms with Gasteiger partial charge >= 0.3 is 0 Å². The number of benzene rings is 2. The van der Waals surface area contributed by atoms with Crippen molar-refractivity contribution < 1.29 is 9.21 Å². The molecule has 2 aromatic heterocycles. The monoisotopic (exact) mass is 330 g/mol. The van der Waals surface area contributed by atoms with Crippen LogP contribution in [0.15, 0.2) is 69.9 Å². The van der Waals surface area contributed by atoms with E-state index in [1.165, 1.54) is 6.07 Å². The molecule has 0 atom stereocenters. The average Bonchev–Trinajstić information content (AvgIpc) is 2.61. The van der Waals surface area contributed by atoms with Gasteiger partial charge in [0.25, 0.3) is 5.91 Å². The fourth-order valence-electron chi connectivity index (χ4n) is 2.77. The second-order valence-corrected chi connectivity index (χ2v) is 5.75. The van der Waals surface area contributed by atoms with Crippen LogP contribution in [0.25, 0.3) is 21.9 Å². The zero-order valence-electron chi connectivity index (χ0n) is 13.4. The van der Waals surface area contributed by atoms with Crippen molar-refractivity contribution in [1.82, 2.24) is 4.98 Å².